The van der Waals surface area contributed by atoms with E-state index in [0.29, 0.717) is 0 Å². The van der Waals surface area contributed by atoms with Gasteiger partial charge < -0.3 is 5.11 Å². The monoisotopic (exact) mass is 250 g/mol. The molecule has 0 bridgehead atoms. The van der Waals surface area contributed by atoms with Crippen LogP contribution in [-0.4, -0.2) is 28.9 Å². The van der Waals surface area contributed by atoms with Crippen molar-refractivity contribution in [2.75, 3.05) is 19.6 Å². The first-order chi connectivity index (χ1) is 6.95. The number of hydrogen-bond donors (Lipinski definition) is 1. The molecule has 0 aromatic heterocycles. The average molecular weight is 250 g/mol. The van der Waals surface area contributed by atoms with Crippen molar-refractivity contribution in [3.05, 3.63) is 24.3 Å². The molecule has 1 aromatic rings. The molecule has 1 aromatic carbocycles. The van der Waals surface area contributed by atoms with Gasteiger partial charge in [0, 0.05) is 4.90 Å². The minimum absolute atomic E-state index is 0.196. The Morgan fingerprint density at radius 1 is 1.27 bits per heavy atom. The highest BCUT2D eigenvalue weighted by Gasteiger charge is 2.19. The molecule has 0 aliphatic carbocycles. The van der Waals surface area contributed by atoms with Crippen LogP contribution in [0.5, 0.6) is 5.75 Å². The Labute approximate surface area is 93.6 Å². The fraction of sp³-hybridized carbons (Fsp3) is 0.333. The van der Waals surface area contributed by atoms with Crippen LogP contribution in [0.1, 0.15) is 0 Å². The highest BCUT2D eigenvalue weighted by atomic mass is 32.3. The third-order valence-corrected chi connectivity index (χ3v) is 5.25. The van der Waals surface area contributed by atoms with Crippen LogP contribution in [0.15, 0.2) is 29.2 Å². The number of rotatable bonds is 4. The van der Waals surface area contributed by atoms with Crippen LogP contribution >= 0.6 is 10.3 Å². The van der Waals surface area contributed by atoms with Gasteiger partial charge in [-0.3, -0.25) is 4.18 Å². The van der Waals surface area contributed by atoms with E-state index < -0.39 is 21.7 Å². The fourth-order valence-corrected chi connectivity index (χ4v) is 3.42. The van der Waals surface area contributed by atoms with Crippen LogP contribution in [0.4, 0.5) is 0 Å². The van der Waals surface area contributed by atoms with Crippen molar-refractivity contribution < 1.29 is 17.1 Å². The molecule has 0 amide bonds. The summed E-state index contributed by atoms with van der Waals surface area (Å²) >= 11 is -1.73. The number of benzene rings is 1. The van der Waals surface area contributed by atoms with Gasteiger partial charge in [-0.1, -0.05) is 10.3 Å². The summed E-state index contributed by atoms with van der Waals surface area (Å²) in [7, 11) is -0.303. The van der Waals surface area contributed by atoms with E-state index in [4.69, 9.17) is 8.74 Å². The second kappa shape index (κ2) is 4.98. The van der Waals surface area contributed by atoms with Crippen LogP contribution in [-0.2, 0) is 19.2 Å². The van der Waals surface area contributed by atoms with E-state index in [0.717, 1.165) is 4.90 Å². The molecule has 1 unspecified atom stereocenters. The van der Waals surface area contributed by atoms with Gasteiger partial charge >= 0.3 is 11.4 Å². The Bertz CT molecular complexity index is 348. The SMILES string of the molecule is COS(=O)OS(C)(C)c1ccc(O)cc1. The summed E-state index contributed by atoms with van der Waals surface area (Å²) in [5, 5.41) is 9.13. The molecule has 15 heavy (non-hydrogen) atoms. The molecule has 0 aliphatic heterocycles. The molecule has 0 spiro atoms. The van der Waals surface area contributed by atoms with Gasteiger partial charge in [-0.15, -0.1) is 0 Å². The second-order valence-corrected chi connectivity index (χ2v) is 7.39. The zero-order valence-electron chi connectivity index (χ0n) is 8.80. The normalized spacial score (nSPS) is 14.9. The Morgan fingerprint density at radius 2 is 1.80 bits per heavy atom. The van der Waals surface area contributed by atoms with Crippen molar-refractivity contribution in [2.24, 2.45) is 0 Å². The maximum atomic E-state index is 11.1. The molecule has 1 N–H and O–H groups in total. The van der Waals surface area contributed by atoms with Gasteiger partial charge in [-0.05, 0) is 36.8 Å². The van der Waals surface area contributed by atoms with E-state index in [2.05, 4.69) is 4.18 Å². The molecule has 4 nitrogen and oxygen atoms in total. The fourth-order valence-electron chi connectivity index (χ4n) is 0.980. The Hall–Kier alpha value is -0.560. The molecule has 86 valence electrons. The van der Waals surface area contributed by atoms with Gasteiger partial charge in [0.2, 0.25) is 0 Å². The molecule has 6 heteroatoms. The largest absolute Gasteiger partial charge is 0.508 e. The van der Waals surface area contributed by atoms with Gasteiger partial charge in [-0.25, -0.2) is 3.63 Å². The molecule has 0 saturated heterocycles. The summed E-state index contributed by atoms with van der Waals surface area (Å²) in [6.07, 6.45) is 3.71. The smallest absolute Gasteiger partial charge is 0.314 e. The predicted molar refractivity (Wildman–Crippen MR) is 62.0 cm³/mol. The van der Waals surface area contributed by atoms with Gasteiger partial charge in [0.15, 0.2) is 0 Å². The summed E-state index contributed by atoms with van der Waals surface area (Å²) in [5.74, 6) is 0.196. The topological polar surface area (TPSA) is 55.8 Å². The zero-order valence-corrected chi connectivity index (χ0v) is 10.4. The summed E-state index contributed by atoms with van der Waals surface area (Å²) in [4.78, 5) is 0.894. The van der Waals surface area contributed by atoms with E-state index in [1.165, 1.54) is 7.11 Å². The maximum Gasteiger partial charge on any atom is 0.314 e. The minimum atomic E-state index is -1.73. The summed E-state index contributed by atoms with van der Waals surface area (Å²) in [6, 6.07) is 6.64. The Balaban J connectivity index is 2.85. The zero-order chi connectivity index (χ0) is 11.5. The molecular formula is C9H14O4S2. The molecule has 0 fully saturated rings. The lowest BCUT2D eigenvalue weighted by Gasteiger charge is -2.28. The van der Waals surface area contributed by atoms with Gasteiger partial charge in [0.25, 0.3) is 0 Å². The second-order valence-electron chi connectivity index (χ2n) is 3.17. The Morgan fingerprint density at radius 3 is 2.27 bits per heavy atom. The first-order valence-electron chi connectivity index (χ1n) is 4.14. The van der Waals surface area contributed by atoms with Gasteiger partial charge in [0.05, 0.1) is 7.11 Å². The standard InChI is InChI=1S/C9H14O4S2/c1-12-14(11)13-15(2,3)9-6-4-8(10)5-7-9/h4-7,10H,1-3H3. The first-order valence-corrected chi connectivity index (χ1v) is 7.52. The molecule has 0 heterocycles. The number of phenols is 1. The maximum absolute atomic E-state index is 11.1. The van der Waals surface area contributed by atoms with E-state index in [1.807, 2.05) is 12.5 Å². The number of hydrogen-bond acceptors (Lipinski definition) is 4. The van der Waals surface area contributed by atoms with Crippen molar-refractivity contribution in [2.45, 2.75) is 4.90 Å². The van der Waals surface area contributed by atoms with Gasteiger partial charge in [-0.2, -0.15) is 4.21 Å². The third-order valence-electron chi connectivity index (χ3n) is 1.77. The van der Waals surface area contributed by atoms with E-state index in [-0.39, 0.29) is 5.75 Å². The lowest BCUT2D eigenvalue weighted by Crippen LogP contribution is -2.05. The van der Waals surface area contributed by atoms with E-state index >= 15 is 0 Å². The van der Waals surface area contributed by atoms with Crippen molar-refractivity contribution >= 4 is 21.7 Å². The minimum Gasteiger partial charge on any atom is -0.508 e. The molecule has 1 rings (SSSR count). The third kappa shape index (κ3) is 3.49. The number of phenolic OH excluding ortho intramolecular Hbond substituents is 1. The van der Waals surface area contributed by atoms with Crippen LogP contribution in [0.3, 0.4) is 0 Å². The molecule has 0 saturated carbocycles. The van der Waals surface area contributed by atoms with Crippen LogP contribution < -0.4 is 0 Å². The van der Waals surface area contributed by atoms with E-state index in [9.17, 15) is 4.21 Å². The van der Waals surface area contributed by atoms with Crippen LogP contribution in [0.25, 0.3) is 0 Å². The molecule has 0 radical (unpaired) electrons. The van der Waals surface area contributed by atoms with Crippen molar-refractivity contribution in [3.63, 3.8) is 0 Å². The number of aromatic hydroxyl groups is 1. The highest BCUT2D eigenvalue weighted by molar-refractivity contribution is 8.31. The van der Waals surface area contributed by atoms with E-state index in [1.54, 1.807) is 24.3 Å². The molecule has 0 aliphatic rings. The predicted octanol–water partition coefficient (Wildman–Crippen LogP) is 1.97. The lowest BCUT2D eigenvalue weighted by atomic mass is 10.3. The van der Waals surface area contributed by atoms with Crippen LogP contribution in [0.2, 0.25) is 0 Å². The molecule has 1 atom stereocenters. The van der Waals surface area contributed by atoms with Crippen molar-refractivity contribution in [1.29, 1.82) is 0 Å². The van der Waals surface area contributed by atoms with Crippen molar-refractivity contribution in [3.8, 4) is 5.75 Å². The summed E-state index contributed by atoms with van der Waals surface area (Å²) < 4.78 is 20.9. The molecular weight excluding hydrogens is 236 g/mol. The summed E-state index contributed by atoms with van der Waals surface area (Å²) in [6.45, 7) is 0. The Kier molecular flexibility index (Phi) is 4.15. The van der Waals surface area contributed by atoms with Crippen LogP contribution in [0, 0.1) is 0 Å². The van der Waals surface area contributed by atoms with Crippen molar-refractivity contribution in [1.82, 2.24) is 0 Å². The lowest BCUT2D eigenvalue weighted by molar-refractivity contribution is 0.395. The highest BCUT2D eigenvalue weighted by Crippen LogP contribution is 2.51. The summed E-state index contributed by atoms with van der Waals surface area (Å²) in [5.41, 5.74) is 0. The average Bonchev–Trinajstić information content (AvgIpc) is 2.17. The van der Waals surface area contributed by atoms with Gasteiger partial charge in [0.1, 0.15) is 5.75 Å². The quantitative estimate of drug-likeness (QED) is 0.887. The first kappa shape index (κ1) is 12.5.